The molecule has 2 aromatic carbocycles. The first kappa shape index (κ1) is 24.4. The number of sulfonamides is 1. The van der Waals surface area contributed by atoms with Crippen LogP contribution in [0.2, 0.25) is 0 Å². The Hall–Kier alpha value is -3.23. The maximum Gasteiger partial charge on any atom is 0.264 e. The molecule has 0 aromatic heterocycles. The van der Waals surface area contributed by atoms with E-state index in [2.05, 4.69) is 5.92 Å². The highest BCUT2D eigenvalue weighted by Crippen LogP contribution is 2.22. The van der Waals surface area contributed by atoms with Crippen molar-refractivity contribution in [2.75, 3.05) is 51.9 Å². The van der Waals surface area contributed by atoms with Crippen LogP contribution in [-0.4, -0.2) is 76.6 Å². The molecule has 1 aliphatic rings. The zero-order valence-corrected chi connectivity index (χ0v) is 19.2. The van der Waals surface area contributed by atoms with Gasteiger partial charge in [-0.15, -0.1) is 6.42 Å². The molecule has 1 fully saturated rings. The molecule has 0 unspecified atom stereocenters. The number of amides is 2. The molecule has 1 heterocycles. The topological polar surface area (TPSA) is 96.5 Å². The first-order valence-corrected chi connectivity index (χ1v) is 11.6. The van der Waals surface area contributed by atoms with E-state index in [0.29, 0.717) is 42.0 Å². The van der Waals surface area contributed by atoms with Crippen LogP contribution < -0.4 is 4.90 Å². The van der Waals surface area contributed by atoms with Crippen LogP contribution in [0.3, 0.4) is 0 Å². The number of benzene rings is 2. The monoisotopic (exact) mass is 471 g/mol. The van der Waals surface area contributed by atoms with Crippen molar-refractivity contribution in [3.63, 3.8) is 0 Å². The molecule has 0 atom stereocenters. The zero-order valence-electron chi connectivity index (χ0n) is 18.4. The van der Waals surface area contributed by atoms with Crippen molar-refractivity contribution in [1.82, 2.24) is 9.37 Å². The summed E-state index contributed by atoms with van der Waals surface area (Å²) < 4.78 is 31.2. The lowest BCUT2D eigenvalue weighted by molar-refractivity contribution is -0.133. The summed E-state index contributed by atoms with van der Waals surface area (Å²) in [6.07, 6.45) is 5.51. The van der Waals surface area contributed by atoms with Crippen LogP contribution in [0.1, 0.15) is 15.9 Å². The number of hydrogen-bond donors (Lipinski definition) is 0. The van der Waals surface area contributed by atoms with Crippen molar-refractivity contribution >= 4 is 27.5 Å². The Bertz CT molecular complexity index is 1170. The SMILES string of the molecule is C#Cc1cccc(N(CC(=O)N2CCOCC2)C(=O)c2cccc(S(=O)(=O)N(C)OC)c2)c1. The van der Waals surface area contributed by atoms with Crippen molar-refractivity contribution in [3.8, 4) is 12.3 Å². The Morgan fingerprint density at radius 2 is 1.85 bits per heavy atom. The average molecular weight is 472 g/mol. The van der Waals surface area contributed by atoms with E-state index in [1.165, 1.54) is 43.3 Å². The third-order valence-corrected chi connectivity index (χ3v) is 6.88. The Kier molecular flexibility index (Phi) is 7.84. The van der Waals surface area contributed by atoms with E-state index in [0.717, 1.165) is 0 Å². The van der Waals surface area contributed by atoms with E-state index in [1.54, 1.807) is 29.2 Å². The summed E-state index contributed by atoms with van der Waals surface area (Å²) in [6, 6.07) is 12.3. The summed E-state index contributed by atoms with van der Waals surface area (Å²) in [5, 5.41) is 0. The molecule has 0 aliphatic carbocycles. The second-order valence-corrected chi connectivity index (χ2v) is 9.14. The highest BCUT2D eigenvalue weighted by Gasteiger charge is 2.27. The van der Waals surface area contributed by atoms with Gasteiger partial charge in [-0.2, -0.15) is 0 Å². The van der Waals surface area contributed by atoms with Crippen molar-refractivity contribution in [2.45, 2.75) is 4.90 Å². The molecule has 9 nitrogen and oxygen atoms in total. The number of hydrogen-bond acceptors (Lipinski definition) is 6. The molecule has 0 N–H and O–H groups in total. The number of nitrogens with zero attached hydrogens (tertiary/aromatic N) is 3. The number of carbonyl (C=O) groups excluding carboxylic acids is 2. The summed E-state index contributed by atoms with van der Waals surface area (Å²) in [5.41, 5.74) is 1.07. The summed E-state index contributed by atoms with van der Waals surface area (Å²) >= 11 is 0. The van der Waals surface area contributed by atoms with Gasteiger partial charge >= 0.3 is 0 Å². The molecular formula is C23H25N3O6S. The Morgan fingerprint density at radius 3 is 2.52 bits per heavy atom. The normalized spacial score (nSPS) is 14.1. The minimum atomic E-state index is -3.96. The number of rotatable bonds is 7. The molecule has 2 amide bonds. The van der Waals surface area contributed by atoms with E-state index in [4.69, 9.17) is 16.0 Å². The second kappa shape index (κ2) is 10.6. The lowest BCUT2D eigenvalue weighted by Gasteiger charge is -2.30. The molecule has 10 heteroatoms. The molecule has 174 valence electrons. The number of carbonyl (C=O) groups is 2. The lowest BCUT2D eigenvalue weighted by Crippen LogP contribution is -2.47. The van der Waals surface area contributed by atoms with Gasteiger partial charge in [0.1, 0.15) is 6.54 Å². The van der Waals surface area contributed by atoms with E-state index >= 15 is 0 Å². The summed E-state index contributed by atoms with van der Waals surface area (Å²) in [7, 11) is -1.48. The molecule has 1 aliphatic heterocycles. The van der Waals surface area contributed by atoms with Crippen molar-refractivity contribution in [1.29, 1.82) is 0 Å². The third-order valence-electron chi connectivity index (χ3n) is 5.20. The number of morpholine rings is 1. The Balaban J connectivity index is 1.98. The number of anilines is 1. The van der Waals surface area contributed by atoms with Gasteiger partial charge in [0.2, 0.25) is 5.91 Å². The van der Waals surface area contributed by atoms with E-state index in [-0.39, 0.29) is 22.9 Å². The largest absolute Gasteiger partial charge is 0.378 e. The highest BCUT2D eigenvalue weighted by molar-refractivity contribution is 7.89. The van der Waals surface area contributed by atoms with Gasteiger partial charge < -0.3 is 9.64 Å². The molecule has 0 radical (unpaired) electrons. The second-order valence-electron chi connectivity index (χ2n) is 7.20. The maximum absolute atomic E-state index is 13.5. The first-order valence-electron chi connectivity index (χ1n) is 10.1. The minimum Gasteiger partial charge on any atom is -0.378 e. The smallest absolute Gasteiger partial charge is 0.264 e. The van der Waals surface area contributed by atoms with Crippen LogP contribution in [0.5, 0.6) is 0 Å². The van der Waals surface area contributed by atoms with E-state index in [9.17, 15) is 18.0 Å². The Morgan fingerprint density at radius 1 is 1.15 bits per heavy atom. The van der Waals surface area contributed by atoms with Crippen LogP contribution in [0.15, 0.2) is 53.4 Å². The predicted octanol–water partition coefficient (Wildman–Crippen LogP) is 1.36. The van der Waals surface area contributed by atoms with Gasteiger partial charge in [-0.25, -0.2) is 8.42 Å². The third kappa shape index (κ3) is 5.58. The number of hydroxylamine groups is 1. The van der Waals surface area contributed by atoms with E-state index in [1.807, 2.05) is 0 Å². The van der Waals surface area contributed by atoms with Gasteiger partial charge in [0.05, 0.1) is 25.2 Å². The van der Waals surface area contributed by atoms with Crippen LogP contribution in [-0.2, 0) is 24.4 Å². The van der Waals surface area contributed by atoms with Gasteiger partial charge in [0, 0.05) is 37.0 Å². The van der Waals surface area contributed by atoms with Gasteiger partial charge in [-0.1, -0.05) is 22.5 Å². The van der Waals surface area contributed by atoms with Crippen molar-refractivity contribution < 1.29 is 27.6 Å². The summed E-state index contributed by atoms with van der Waals surface area (Å²) in [4.78, 5) is 34.1. The van der Waals surface area contributed by atoms with E-state index < -0.39 is 15.9 Å². The summed E-state index contributed by atoms with van der Waals surface area (Å²) in [5.74, 6) is 1.73. The summed E-state index contributed by atoms with van der Waals surface area (Å²) in [6.45, 7) is 1.49. The fraction of sp³-hybridized carbons (Fsp3) is 0.304. The van der Waals surface area contributed by atoms with Gasteiger partial charge in [0.15, 0.2) is 0 Å². The van der Waals surface area contributed by atoms with Crippen LogP contribution in [0, 0.1) is 12.3 Å². The molecule has 0 spiro atoms. The molecule has 0 saturated carbocycles. The van der Waals surface area contributed by atoms with Gasteiger partial charge in [-0.05, 0) is 36.4 Å². The lowest BCUT2D eigenvalue weighted by atomic mass is 10.1. The number of ether oxygens (including phenoxy) is 1. The van der Waals surface area contributed by atoms with Crippen LogP contribution >= 0.6 is 0 Å². The fourth-order valence-corrected chi connectivity index (χ4v) is 4.30. The zero-order chi connectivity index (χ0) is 24.0. The standard InChI is InChI=1S/C23H25N3O6S/c1-4-18-7-5-9-20(15-18)26(17-22(27)25-11-13-32-14-12-25)23(28)19-8-6-10-21(16-19)33(29,30)24(2)31-3/h1,5-10,15-16H,11-14,17H2,2-3H3. The average Bonchev–Trinajstić information content (AvgIpc) is 2.86. The van der Waals surface area contributed by atoms with Crippen molar-refractivity contribution in [2.24, 2.45) is 0 Å². The Labute approximate surface area is 193 Å². The van der Waals surface area contributed by atoms with Gasteiger partial charge in [0.25, 0.3) is 15.9 Å². The molecule has 0 bridgehead atoms. The van der Waals surface area contributed by atoms with Crippen molar-refractivity contribution in [3.05, 3.63) is 59.7 Å². The highest BCUT2D eigenvalue weighted by atomic mass is 32.2. The molecule has 2 aromatic rings. The quantitative estimate of drug-likeness (QED) is 0.447. The maximum atomic E-state index is 13.5. The predicted molar refractivity (Wildman–Crippen MR) is 122 cm³/mol. The van der Waals surface area contributed by atoms with Crippen LogP contribution in [0.4, 0.5) is 5.69 Å². The molecule has 33 heavy (non-hydrogen) atoms. The fourth-order valence-electron chi connectivity index (χ4n) is 3.28. The molecule has 3 rings (SSSR count). The first-order chi connectivity index (χ1) is 15.8. The van der Waals surface area contributed by atoms with Crippen LogP contribution in [0.25, 0.3) is 0 Å². The minimum absolute atomic E-state index is 0.0986. The molecule has 1 saturated heterocycles. The van der Waals surface area contributed by atoms with Gasteiger partial charge in [-0.3, -0.25) is 19.3 Å². The number of terminal acetylenes is 1. The molecular weight excluding hydrogens is 446 g/mol.